The van der Waals surface area contributed by atoms with Crippen LogP contribution < -0.4 is 10.6 Å². The molecule has 11 heteroatoms. The van der Waals surface area contributed by atoms with Crippen molar-refractivity contribution in [2.24, 2.45) is 9.98 Å². The van der Waals surface area contributed by atoms with Gasteiger partial charge in [0, 0.05) is 47.1 Å². The third kappa shape index (κ3) is 6.77. The summed E-state index contributed by atoms with van der Waals surface area (Å²) in [5.74, 6) is 1.28. The number of carbonyl (C=O) groups is 2. The number of aromatic amines is 1. The summed E-state index contributed by atoms with van der Waals surface area (Å²) in [6.07, 6.45) is 6.56. The normalized spacial score (nSPS) is 13.1. The number of aromatic nitrogens is 5. The van der Waals surface area contributed by atoms with Crippen molar-refractivity contribution in [3.63, 3.8) is 0 Å². The number of amidine groups is 2. The van der Waals surface area contributed by atoms with Crippen LogP contribution in [0.2, 0.25) is 0 Å². The maximum Gasteiger partial charge on any atom is 0.256 e. The van der Waals surface area contributed by atoms with E-state index in [9.17, 15) is 9.59 Å². The maximum atomic E-state index is 13.6. The number of benzene rings is 4. The lowest BCUT2D eigenvalue weighted by atomic mass is 9.99. The van der Waals surface area contributed by atoms with Crippen LogP contribution in [0, 0.1) is 0 Å². The van der Waals surface area contributed by atoms with Gasteiger partial charge in [0.25, 0.3) is 11.8 Å². The molecular formula is C42H29N9O2. The van der Waals surface area contributed by atoms with Gasteiger partial charge in [0.1, 0.15) is 17.5 Å². The summed E-state index contributed by atoms with van der Waals surface area (Å²) in [4.78, 5) is 59.0. The Morgan fingerprint density at radius 2 is 1.00 bits per heavy atom. The highest BCUT2D eigenvalue weighted by molar-refractivity contribution is 6.50. The van der Waals surface area contributed by atoms with Gasteiger partial charge >= 0.3 is 0 Å². The molecule has 7 aromatic rings. The Morgan fingerprint density at radius 3 is 1.57 bits per heavy atom. The molecule has 1 aliphatic rings. The minimum atomic E-state index is -0.356. The molecule has 3 aromatic heterocycles. The van der Waals surface area contributed by atoms with E-state index in [0.29, 0.717) is 56.7 Å². The predicted octanol–water partition coefficient (Wildman–Crippen LogP) is 7.66. The first kappa shape index (κ1) is 32.5. The van der Waals surface area contributed by atoms with Gasteiger partial charge in [-0.15, -0.1) is 0 Å². The lowest BCUT2D eigenvalue weighted by Crippen LogP contribution is -2.31. The first-order chi connectivity index (χ1) is 26.1. The van der Waals surface area contributed by atoms with Crippen LogP contribution in [0.5, 0.6) is 0 Å². The summed E-state index contributed by atoms with van der Waals surface area (Å²) in [6, 6.07) is 40.5. The van der Waals surface area contributed by atoms with Crippen LogP contribution in [-0.4, -0.2) is 48.4 Å². The molecule has 11 nitrogen and oxygen atoms in total. The molecule has 4 aromatic carbocycles. The maximum absolute atomic E-state index is 13.6. The first-order valence-electron chi connectivity index (χ1n) is 16.7. The van der Waals surface area contributed by atoms with E-state index in [-0.39, 0.29) is 23.5 Å². The van der Waals surface area contributed by atoms with E-state index < -0.39 is 0 Å². The van der Waals surface area contributed by atoms with Crippen molar-refractivity contribution in [1.82, 2.24) is 30.2 Å². The van der Waals surface area contributed by atoms with Crippen molar-refractivity contribution in [2.75, 3.05) is 5.32 Å². The molecule has 0 bridgehead atoms. The summed E-state index contributed by atoms with van der Waals surface area (Å²) in [5.41, 5.74) is 4.76. The van der Waals surface area contributed by atoms with E-state index >= 15 is 0 Å². The van der Waals surface area contributed by atoms with Crippen molar-refractivity contribution in [1.29, 1.82) is 0 Å². The average Bonchev–Trinajstić information content (AvgIpc) is 3.76. The fourth-order valence-corrected chi connectivity index (χ4v) is 6.00. The molecule has 0 saturated carbocycles. The topological polar surface area (TPSA) is 150 Å². The Morgan fingerprint density at radius 1 is 0.509 bits per heavy atom. The molecule has 0 unspecified atom stereocenters. The van der Waals surface area contributed by atoms with Crippen LogP contribution >= 0.6 is 0 Å². The second-order valence-electron chi connectivity index (χ2n) is 11.8. The van der Waals surface area contributed by atoms with E-state index in [1.165, 1.54) is 0 Å². The molecule has 4 heterocycles. The van der Waals surface area contributed by atoms with Gasteiger partial charge in [0.05, 0.1) is 11.1 Å². The van der Waals surface area contributed by atoms with Gasteiger partial charge in [-0.05, 0) is 47.5 Å². The summed E-state index contributed by atoms with van der Waals surface area (Å²) in [5, 5.41) is 6.04. The highest BCUT2D eigenvalue weighted by Gasteiger charge is 2.32. The van der Waals surface area contributed by atoms with Crippen LogP contribution in [0.15, 0.2) is 168 Å². The largest absolute Gasteiger partial charge is 0.325 e. The highest BCUT2D eigenvalue weighted by atomic mass is 16.2. The molecule has 3 N–H and O–H groups in total. The number of nitrogens with zero attached hydrogens (tertiary/aromatic N) is 6. The van der Waals surface area contributed by atoms with E-state index in [1.54, 1.807) is 85.5 Å². The van der Waals surface area contributed by atoms with Crippen LogP contribution in [0.4, 0.5) is 11.6 Å². The molecule has 0 atom stereocenters. The lowest BCUT2D eigenvalue weighted by Gasteiger charge is -2.10. The molecule has 0 radical (unpaired) electrons. The molecule has 8 rings (SSSR count). The Labute approximate surface area is 304 Å². The Kier molecular flexibility index (Phi) is 9.01. The van der Waals surface area contributed by atoms with Crippen molar-refractivity contribution in [3.8, 4) is 22.5 Å². The molecule has 0 aliphatic carbocycles. The third-order valence-corrected chi connectivity index (χ3v) is 8.37. The number of carbonyl (C=O) groups excluding carboxylic acids is 2. The molecule has 1 aliphatic heterocycles. The number of hydrogen-bond acceptors (Lipinski definition) is 7. The number of rotatable bonds is 8. The quantitative estimate of drug-likeness (QED) is 0.149. The second kappa shape index (κ2) is 14.7. The lowest BCUT2D eigenvalue weighted by molar-refractivity contribution is 0.0976. The van der Waals surface area contributed by atoms with Crippen molar-refractivity contribution >= 4 is 46.3 Å². The van der Waals surface area contributed by atoms with E-state index in [4.69, 9.17) is 9.98 Å². The van der Waals surface area contributed by atoms with E-state index in [1.807, 2.05) is 72.8 Å². The monoisotopic (exact) mass is 691 g/mol. The Balaban J connectivity index is 1.37. The van der Waals surface area contributed by atoms with Gasteiger partial charge in [-0.1, -0.05) is 97.1 Å². The standard InChI is InChI=1S/C42H29N9O2/c52-41(29-19-9-3-10-20-29)50-39-33(35-43-23-13-24-44-35)31(27-15-5-1-6-16-27)37(48-39)47-38-32(28-17-7-2-8-18-28)34(36-45-25-14-26-46-36)40(49-38)51-42(53)30-21-11-4-12-22-30/h1-26,48H,(H,50,52)(H,47,49,51,53). The fourth-order valence-electron chi connectivity index (χ4n) is 6.00. The average molecular weight is 692 g/mol. The van der Waals surface area contributed by atoms with Gasteiger partial charge in [-0.25, -0.2) is 29.9 Å². The highest BCUT2D eigenvalue weighted by Crippen LogP contribution is 2.45. The SMILES string of the molecule is O=C(NC1=NC(=Nc2[nH]c(NC(=O)c3ccccc3)c(-c3ncccn3)c2-c2ccccc2)C(c2ccccc2)=C1c1ncccn1)c1ccccc1. The minimum Gasteiger partial charge on any atom is -0.325 e. The first-order valence-corrected chi connectivity index (χ1v) is 16.7. The van der Waals surface area contributed by atoms with E-state index in [0.717, 1.165) is 11.1 Å². The zero-order chi connectivity index (χ0) is 36.0. The van der Waals surface area contributed by atoms with Crippen molar-refractivity contribution in [2.45, 2.75) is 0 Å². The predicted molar refractivity (Wildman–Crippen MR) is 205 cm³/mol. The van der Waals surface area contributed by atoms with Crippen LogP contribution in [-0.2, 0) is 0 Å². The third-order valence-electron chi connectivity index (χ3n) is 8.37. The van der Waals surface area contributed by atoms with Crippen LogP contribution in [0.1, 0.15) is 32.1 Å². The van der Waals surface area contributed by atoms with Crippen molar-refractivity contribution < 1.29 is 9.59 Å². The summed E-state index contributed by atoms with van der Waals surface area (Å²) < 4.78 is 0. The van der Waals surface area contributed by atoms with Gasteiger partial charge in [-0.3, -0.25) is 9.59 Å². The van der Waals surface area contributed by atoms with Crippen LogP contribution in [0.25, 0.3) is 33.7 Å². The summed E-state index contributed by atoms with van der Waals surface area (Å²) in [7, 11) is 0. The van der Waals surface area contributed by atoms with E-state index in [2.05, 4.69) is 35.6 Å². The smallest absolute Gasteiger partial charge is 0.256 e. The zero-order valence-electron chi connectivity index (χ0n) is 28.0. The number of nitrogens with one attached hydrogen (secondary N) is 3. The fraction of sp³-hybridized carbons (Fsp3) is 0. The van der Waals surface area contributed by atoms with Gasteiger partial charge in [0.2, 0.25) is 0 Å². The number of H-pyrrole nitrogens is 1. The molecule has 53 heavy (non-hydrogen) atoms. The van der Waals surface area contributed by atoms with Gasteiger partial charge in [0.15, 0.2) is 17.5 Å². The Hall–Kier alpha value is -7.66. The molecule has 2 amide bonds. The molecule has 0 spiro atoms. The van der Waals surface area contributed by atoms with Gasteiger partial charge < -0.3 is 15.6 Å². The molecule has 0 saturated heterocycles. The minimum absolute atomic E-state index is 0.236. The van der Waals surface area contributed by atoms with Crippen molar-refractivity contribution in [3.05, 3.63) is 181 Å². The molecule has 254 valence electrons. The molecule has 0 fully saturated rings. The number of anilines is 1. The summed E-state index contributed by atoms with van der Waals surface area (Å²) >= 11 is 0. The zero-order valence-corrected chi connectivity index (χ0v) is 28.0. The number of aliphatic imine (C=N–C) groups is 2. The molecular weight excluding hydrogens is 663 g/mol. The van der Waals surface area contributed by atoms with Crippen LogP contribution in [0.3, 0.4) is 0 Å². The number of hydrogen-bond donors (Lipinski definition) is 3. The summed E-state index contributed by atoms with van der Waals surface area (Å²) in [6.45, 7) is 0. The number of amides is 2. The van der Waals surface area contributed by atoms with Gasteiger partial charge in [-0.2, -0.15) is 0 Å². The second-order valence-corrected chi connectivity index (χ2v) is 11.8. The Bertz CT molecular complexity index is 2500.